The predicted octanol–water partition coefficient (Wildman–Crippen LogP) is 4.06. The highest BCUT2D eigenvalue weighted by molar-refractivity contribution is 7.10. The third-order valence-electron chi connectivity index (χ3n) is 5.53. The van der Waals surface area contributed by atoms with E-state index in [9.17, 15) is 9.59 Å². The van der Waals surface area contributed by atoms with Gasteiger partial charge in [0.05, 0.1) is 24.4 Å². The Morgan fingerprint density at radius 3 is 2.72 bits per heavy atom. The Morgan fingerprint density at radius 1 is 1.22 bits per heavy atom. The van der Waals surface area contributed by atoms with E-state index in [0.717, 1.165) is 35.5 Å². The fraction of sp³-hybridized carbons (Fsp3) is 0.320. The number of rotatable bonds is 8. The molecule has 1 N–H and O–H groups in total. The van der Waals surface area contributed by atoms with E-state index in [2.05, 4.69) is 10.3 Å². The molecule has 3 aromatic rings. The summed E-state index contributed by atoms with van der Waals surface area (Å²) in [5.74, 6) is -0.383. The van der Waals surface area contributed by atoms with Gasteiger partial charge in [0.2, 0.25) is 11.8 Å². The Kier molecular flexibility index (Phi) is 7.29. The Balaban J connectivity index is 1.68. The lowest BCUT2D eigenvalue weighted by atomic mass is 10.0. The van der Waals surface area contributed by atoms with E-state index in [1.165, 1.54) is 11.3 Å². The van der Waals surface area contributed by atoms with Crippen molar-refractivity contribution in [3.05, 3.63) is 82.3 Å². The van der Waals surface area contributed by atoms with E-state index < -0.39 is 6.04 Å². The highest BCUT2D eigenvalue weighted by Crippen LogP contribution is 2.29. The molecule has 1 aromatic carbocycles. The first kappa shape index (κ1) is 22.2. The normalized spacial score (nSPS) is 16.5. The van der Waals surface area contributed by atoms with Crippen molar-refractivity contribution in [3.8, 4) is 0 Å². The molecule has 2 unspecified atom stereocenters. The van der Waals surface area contributed by atoms with Crippen LogP contribution in [0.2, 0.25) is 0 Å². The monoisotopic (exact) mass is 449 g/mol. The Hall–Kier alpha value is -3.03. The van der Waals surface area contributed by atoms with Crippen LogP contribution in [0.15, 0.2) is 66.3 Å². The number of nitrogens with zero attached hydrogens (tertiary/aromatic N) is 2. The minimum absolute atomic E-state index is 0.0197. The summed E-state index contributed by atoms with van der Waals surface area (Å²) in [6, 6.07) is 14.4. The van der Waals surface area contributed by atoms with Crippen molar-refractivity contribution in [2.24, 2.45) is 0 Å². The molecule has 0 aliphatic carbocycles. The van der Waals surface area contributed by atoms with E-state index in [4.69, 9.17) is 4.74 Å². The molecule has 2 atom stereocenters. The minimum atomic E-state index is -0.811. The quantitative estimate of drug-likeness (QED) is 0.563. The third-order valence-corrected chi connectivity index (χ3v) is 6.40. The zero-order valence-electron chi connectivity index (χ0n) is 18.1. The summed E-state index contributed by atoms with van der Waals surface area (Å²) in [5, 5.41) is 4.97. The Morgan fingerprint density at radius 2 is 2.06 bits per heavy atom. The first-order valence-electron chi connectivity index (χ1n) is 10.8. The van der Waals surface area contributed by atoms with Gasteiger partial charge < -0.3 is 10.1 Å². The number of pyridine rings is 1. The van der Waals surface area contributed by atoms with Gasteiger partial charge in [-0.1, -0.05) is 35.9 Å². The van der Waals surface area contributed by atoms with Gasteiger partial charge in [-0.2, -0.15) is 0 Å². The average molecular weight is 450 g/mol. The van der Waals surface area contributed by atoms with Crippen LogP contribution in [-0.4, -0.2) is 36.1 Å². The molecule has 0 spiro atoms. The van der Waals surface area contributed by atoms with Gasteiger partial charge in [0, 0.05) is 24.2 Å². The second-order valence-electron chi connectivity index (χ2n) is 7.92. The molecule has 7 heteroatoms. The highest BCUT2D eigenvalue weighted by Gasteiger charge is 2.33. The van der Waals surface area contributed by atoms with Gasteiger partial charge in [0.1, 0.15) is 6.04 Å². The van der Waals surface area contributed by atoms with Crippen molar-refractivity contribution in [1.82, 2.24) is 10.3 Å². The van der Waals surface area contributed by atoms with Crippen LogP contribution in [0, 0.1) is 6.92 Å². The van der Waals surface area contributed by atoms with Gasteiger partial charge in [0.25, 0.3) is 0 Å². The maximum Gasteiger partial charge on any atom is 0.247 e. The van der Waals surface area contributed by atoms with Crippen molar-refractivity contribution in [1.29, 1.82) is 0 Å². The largest absolute Gasteiger partial charge is 0.376 e. The number of nitrogens with one attached hydrogen (secondary N) is 1. The van der Waals surface area contributed by atoms with Crippen LogP contribution in [-0.2, 0) is 20.7 Å². The standard InChI is InChI=1S/C25H27N3O3S/c1-18-8-10-19(11-9-18)24(25(30)27-17-21-6-3-13-31-21)28(20-5-2-12-26-16-20)23(29)15-22-7-4-14-32-22/h2,4-5,7-12,14,16,21,24H,3,6,13,15,17H2,1H3,(H,27,30). The van der Waals surface area contributed by atoms with Crippen LogP contribution in [0.1, 0.15) is 34.9 Å². The van der Waals surface area contributed by atoms with Crippen LogP contribution in [0.4, 0.5) is 5.69 Å². The van der Waals surface area contributed by atoms with Crippen molar-refractivity contribution in [2.75, 3.05) is 18.1 Å². The van der Waals surface area contributed by atoms with Gasteiger partial charge in [-0.3, -0.25) is 19.5 Å². The first-order valence-corrected chi connectivity index (χ1v) is 11.7. The summed E-state index contributed by atoms with van der Waals surface area (Å²) in [6.07, 6.45) is 5.45. The molecule has 6 nitrogen and oxygen atoms in total. The van der Waals surface area contributed by atoms with Gasteiger partial charge in [-0.05, 0) is 48.9 Å². The van der Waals surface area contributed by atoms with E-state index >= 15 is 0 Å². The van der Waals surface area contributed by atoms with Crippen molar-refractivity contribution < 1.29 is 14.3 Å². The molecule has 32 heavy (non-hydrogen) atoms. The number of thiophene rings is 1. The number of aromatic nitrogens is 1. The van der Waals surface area contributed by atoms with Crippen LogP contribution >= 0.6 is 11.3 Å². The number of amides is 2. The van der Waals surface area contributed by atoms with Gasteiger partial charge in [-0.15, -0.1) is 11.3 Å². The van der Waals surface area contributed by atoms with Gasteiger partial charge in [-0.25, -0.2) is 0 Å². The smallest absolute Gasteiger partial charge is 0.247 e. The number of carbonyl (C=O) groups is 2. The number of benzene rings is 1. The van der Waals surface area contributed by atoms with Crippen molar-refractivity contribution in [3.63, 3.8) is 0 Å². The van der Waals surface area contributed by atoms with Crippen molar-refractivity contribution >= 4 is 28.8 Å². The van der Waals surface area contributed by atoms with Crippen molar-refractivity contribution in [2.45, 2.75) is 38.3 Å². The molecule has 4 rings (SSSR count). The van der Waals surface area contributed by atoms with E-state index in [1.54, 1.807) is 23.4 Å². The van der Waals surface area contributed by atoms with Crippen LogP contribution in [0.5, 0.6) is 0 Å². The summed E-state index contributed by atoms with van der Waals surface area (Å²) in [5.41, 5.74) is 2.43. The highest BCUT2D eigenvalue weighted by atomic mass is 32.1. The van der Waals surface area contributed by atoms with Gasteiger partial charge >= 0.3 is 0 Å². The molecule has 0 bridgehead atoms. The lowest BCUT2D eigenvalue weighted by Crippen LogP contribution is -2.46. The molecular formula is C25H27N3O3S. The molecule has 2 aromatic heterocycles. The molecule has 0 radical (unpaired) electrons. The van der Waals surface area contributed by atoms with E-state index in [0.29, 0.717) is 12.2 Å². The zero-order valence-corrected chi connectivity index (χ0v) is 18.9. The molecular weight excluding hydrogens is 422 g/mol. The number of aryl methyl sites for hydroxylation is 1. The number of hydrogen-bond donors (Lipinski definition) is 1. The predicted molar refractivity (Wildman–Crippen MR) is 126 cm³/mol. The lowest BCUT2D eigenvalue weighted by molar-refractivity contribution is -0.126. The Labute approximate surface area is 192 Å². The second kappa shape index (κ2) is 10.5. The summed E-state index contributed by atoms with van der Waals surface area (Å²) in [7, 11) is 0. The molecule has 3 heterocycles. The maximum atomic E-state index is 13.6. The summed E-state index contributed by atoms with van der Waals surface area (Å²) in [4.78, 5) is 33.8. The molecule has 1 fully saturated rings. The molecule has 1 saturated heterocycles. The number of ether oxygens (including phenoxy) is 1. The molecule has 0 saturated carbocycles. The minimum Gasteiger partial charge on any atom is -0.376 e. The number of carbonyl (C=O) groups excluding carboxylic acids is 2. The third kappa shape index (κ3) is 5.41. The molecule has 1 aliphatic heterocycles. The number of anilines is 1. The first-order chi connectivity index (χ1) is 15.6. The summed E-state index contributed by atoms with van der Waals surface area (Å²) in [6.45, 7) is 3.15. The fourth-order valence-electron chi connectivity index (χ4n) is 3.86. The average Bonchev–Trinajstić information content (AvgIpc) is 3.51. The van der Waals surface area contributed by atoms with Gasteiger partial charge in [0.15, 0.2) is 0 Å². The Bertz CT molecular complexity index is 1020. The molecule has 166 valence electrons. The number of hydrogen-bond acceptors (Lipinski definition) is 5. The molecule has 2 amide bonds. The van der Waals surface area contributed by atoms with Crippen LogP contribution in [0.3, 0.4) is 0 Å². The van der Waals surface area contributed by atoms with Crippen LogP contribution < -0.4 is 10.2 Å². The lowest BCUT2D eigenvalue weighted by Gasteiger charge is -2.31. The van der Waals surface area contributed by atoms with Crippen LogP contribution in [0.25, 0.3) is 0 Å². The summed E-state index contributed by atoms with van der Waals surface area (Å²) >= 11 is 1.53. The topological polar surface area (TPSA) is 71.5 Å². The fourth-order valence-corrected chi connectivity index (χ4v) is 4.56. The zero-order chi connectivity index (χ0) is 22.3. The molecule has 1 aliphatic rings. The second-order valence-corrected chi connectivity index (χ2v) is 8.96. The maximum absolute atomic E-state index is 13.6. The van der Waals surface area contributed by atoms with E-state index in [-0.39, 0.29) is 24.3 Å². The van der Waals surface area contributed by atoms with E-state index in [1.807, 2.05) is 54.8 Å². The summed E-state index contributed by atoms with van der Waals surface area (Å²) < 4.78 is 5.66. The SMILES string of the molecule is Cc1ccc(C(C(=O)NCC2CCCO2)N(C(=O)Cc2cccs2)c2cccnc2)cc1.